The maximum Gasteiger partial charge on any atom is 0.521 e. The lowest BCUT2D eigenvalue weighted by atomic mass is 11.8. The second-order valence-electron chi connectivity index (χ2n) is 1.19. The van der Waals surface area contributed by atoms with Crippen molar-refractivity contribution in [2.75, 3.05) is 7.11 Å². The third kappa shape index (κ3) is 5.05. The summed E-state index contributed by atoms with van der Waals surface area (Å²) in [6.07, 6.45) is 0. The van der Waals surface area contributed by atoms with Gasteiger partial charge in [-0.2, -0.15) is 4.31 Å². The molecule has 2 N–H and O–H groups in total. The molecule has 6 nitrogen and oxygen atoms in total. The minimum Gasteiger partial charge on any atom is -0.302 e. The standard InChI is InChI=1S/CH5FO6P2/c1-7-9(2,3)8-10(4,5)6/h1H3,(H2,4,5,6). The Morgan fingerprint density at radius 2 is 1.80 bits per heavy atom. The van der Waals surface area contributed by atoms with Gasteiger partial charge in [0.05, 0.1) is 0 Å². The van der Waals surface area contributed by atoms with Crippen molar-refractivity contribution >= 4 is 15.7 Å². The normalized spacial score (nSPS) is 18.4. The van der Waals surface area contributed by atoms with Crippen LogP contribution in [0.2, 0.25) is 0 Å². The van der Waals surface area contributed by atoms with Gasteiger partial charge < -0.3 is 9.79 Å². The zero-order valence-corrected chi connectivity index (χ0v) is 6.59. The van der Waals surface area contributed by atoms with Crippen LogP contribution in [0.4, 0.5) is 4.20 Å². The molecule has 0 saturated carbocycles. The van der Waals surface area contributed by atoms with E-state index in [-0.39, 0.29) is 0 Å². The molecule has 0 amide bonds. The van der Waals surface area contributed by atoms with E-state index in [4.69, 9.17) is 9.79 Å². The van der Waals surface area contributed by atoms with Crippen LogP contribution in [-0.2, 0) is 18.0 Å². The highest BCUT2D eigenvalue weighted by atomic mass is 31.3. The Kier molecular flexibility index (Phi) is 3.16. The van der Waals surface area contributed by atoms with E-state index in [0.29, 0.717) is 7.11 Å². The molecule has 0 aromatic carbocycles. The van der Waals surface area contributed by atoms with Gasteiger partial charge in [0.15, 0.2) is 0 Å². The van der Waals surface area contributed by atoms with E-state index in [1.54, 1.807) is 0 Å². The fourth-order valence-electron chi connectivity index (χ4n) is 0.160. The van der Waals surface area contributed by atoms with Crippen LogP contribution in [0.3, 0.4) is 0 Å². The summed E-state index contributed by atoms with van der Waals surface area (Å²) in [7, 11) is -9.46. The van der Waals surface area contributed by atoms with Crippen molar-refractivity contribution in [3.05, 3.63) is 0 Å². The van der Waals surface area contributed by atoms with Gasteiger partial charge in [0, 0.05) is 7.11 Å². The molecule has 0 saturated heterocycles. The Hall–Kier alpha value is 0.230. The molecule has 1 unspecified atom stereocenters. The second kappa shape index (κ2) is 3.09. The van der Waals surface area contributed by atoms with Crippen molar-refractivity contribution in [3.63, 3.8) is 0 Å². The van der Waals surface area contributed by atoms with Gasteiger partial charge in [-0.3, -0.25) is 4.52 Å². The summed E-state index contributed by atoms with van der Waals surface area (Å²) < 4.78 is 38.3. The smallest absolute Gasteiger partial charge is 0.302 e. The molecule has 0 aromatic rings. The van der Waals surface area contributed by atoms with Gasteiger partial charge in [-0.1, -0.05) is 0 Å². The predicted octanol–water partition coefficient (Wildman–Crippen LogP) is 0.820. The van der Waals surface area contributed by atoms with E-state index in [0.717, 1.165) is 0 Å². The van der Waals surface area contributed by atoms with E-state index in [9.17, 15) is 13.3 Å². The summed E-state index contributed by atoms with van der Waals surface area (Å²) in [5, 5.41) is 0. The molecule has 0 rings (SSSR count). The molecule has 0 radical (unpaired) electrons. The highest BCUT2D eigenvalue weighted by Crippen LogP contribution is 2.60. The highest BCUT2D eigenvalue weighted by molar-refractivity contribution is 7.61. The molecular weight excluding hydrogens is 189 g/mol. The number of halogens is 1. The van der Waals surface area contributed by atoms with E-state index in [1.807, 2.05) is 0 Å². The van der Waals surface area contributed by atoms with Crippen molar-refractivity contribution in [3.8, 4) is 0 Å². The predicted molar refractivity (Wildman–Crippen MR) is 28.9 cm³/mol. The molecule has 0 heterocycles. The SMILES string of the molecule is COP(=O)(F)OP(=O)(O)O. The lowest BCUT2D eigenvalue weighted by Gasteiger charge is -2.06. The molecule has 62 valence electrons. The Morgan fingerprint density at radius 3 is 1.90 bits per heavy atom. The molecule has 0 fully saturated rings. The van der Waals surface area contributed by atoms with Crippen LogP contribution in [0.1, 0.15) is 0 Å². The zero-order chi connectivity index (χ0) is 8.41. The van der Waals surface area contributed by atoms with Crippen molar-refractivity contribution in [2.45, 2.75) is 0 Å². The fourth-order valence-corrected chi connectivity index (χ4v) is 1.44. The van der Waals surface area contributed by atoms with Gasteiger partial charge >= 0.3 is 15.7 Å². The van der Waals surface area contributed by atoms with Crippen LogP contribution in [-0.4, -0.2) is 16.9 Å². The van der Waals surface area contributed by atoms with Crippen LogP contribution in [0.5, 0.6) is 0 Å². The zero-order valence-electron chi connectivity index (χ0n) is 4.80. The van der Waals surface area contributed by atoms with E-state index in [1.165, 1.54) is 0 Å². The lowest BCUT2D eigenvalue weighted by molar-refractivity contribution is 0.227. The number of hydrogen-bond acceptors (Lipinski definition) is 4. The monoisotopic (exact) mass is 194 g/mol. The summed E-state index contributed by atoms with van der Waals surface area (Å²) >= 11 is 0. The second-order valence-corrected chi connectivity index (χ2v) is 4.05. The van der Waals surface area contributed by atoms with Gasteiger partial charge in [-0.15, -0.1) is 4.20 Å². The summed E-state index contributed by atoms with van der Waals surface area (Å²) in [5.41, 5.74) is 0. The van der Waals surface area contributed by atoms with Crippen molar-refractivity contribution < 1.29 is 31.9 Å². The molecular formula is CH5FO6P2. The summed E-state index contributed by atoms with van der Waals surface area (Å²) in [4.78, 5) is 15.8. The third-order valence-electron chi connectivity index (χ3n) is 0.422. The van der Waals surface area contributed by atoms with Gasteiger partial charge in [-0.05, 0) is 0 Å². The van der Waals surface area contributed by atoms with E-state index in [2.05, 4.69) is 8.83 Å². The van der Waals surface area contributed by atoms with Gasteiger partial charge in [0.2, 0.25) is 0 Å². The number of phosphoric acid groups is 1. The molecule has 10 heavy (non-hydrogen) atoms. The average Bonchev–Trinajstić information content (AvgIpc) is 1.60. The molecule has 9 heteroatoms. The fraction of sp³-hybridized carbons (Fsp3) is 1.00. The quantitative estimate of drug-likeness (QED) is 0.646. The third-order valence-corrected chi connectivity index (χ3v) is 2.49. The average molecular weight is 194 g/mol. The van der Waals surface area contributed by atoms with Crippen molar-refractivity contribution in [1.29, 1.82) is 0 Å². The van der Waals surface area contributed by atoms with Crippen LogP contribution in [0.25, 0.3) is 0 Å². The van der Waals surface area contributed by atoms with E-state index < -0.39 is 15.7 Å². The Bertz CT molecular complexity index is 194. The molecule has 0 bridgehead atoms. The minimum atomic E-state index is -5.07. The summed E-state index contributed by atoms with van der Waals surface area (Å²) in [6.45, 7) is 0. The number of hydrogen-bond donors (Lipinski definition) is 2. The first-order valence-electron chi connectivity index (χ1n) is 1.89. The largest absolute Gasteiger partial charge is 0.521 e. The molecule has 0 aliphatic rings. The van der Waals surface area contributed by atoms with E-state index >= 15 is 0 Å². The van der Waals surface area contributed by atoms with Crippen LogP contribution in [0, 0.1) is 0 Å². The Morgan fingerprint density at radius 1 is 1.40 bits per heavy atom. The molecule has 0 aliphatic heterocycles. The van der Waals surface area contributed by atoms with Gasteiger partial charge in [0.1, 0.15) is 0 Å². The molecule has 0 aromatic heterocycles. The van der Waals surface area contributed by atoms with Gasteiger partial charge in [0.25, 0.3) is 0 Å². The Labute approximate surface area is 55.9 Å². The molecule has 0 aliphatic carbocycles. The lowest BCUT2D eigenvalue weighted by Crippen LogP contribution is -1.84. The molecule has 1 atom stereocenters. The highest BCUT2D eigenvalue weighted by Gasteiger charge is 2.32. The molecule has 0 spiro atoms. The van der Waals surface area contributed by atoms with Crippen molar-refractivity contribution in [1.82, 2.24) is 0 Å². The summed E-state index contributed by atoms with van der Waals surface area (Å²) in [5.74, 6) is 0. The first-order valence-corrected chi connectivity index (χ1v) is 4.85. The van der Waals surface area contributed by atoms with Crippen LogP contribution < -0.4 is 0 Å². The van der Waals surface area contributed by atoms with Crippen LogP contribution >= 0.6 is 15.7 Å². The topological polar surface area (TPSA) is 93.1 Å². The first kappa shape index (κ1) is 10.2. The Balaban J connectivity index is 4.17. The number of rotatable bonds is 3. The van der Waals surface area contributed by atoms with Crippen LogP contribution in [0.15, 0.2) is 0 Å². The van der Waals surface area contributed by atoms with Gasteiger partial charge in [-0.25, -0.2) is 9.13 Å². The summed E-state index contributed by atoms with van der Waals surface area (Å²) in [6, 6.07) is 0. The van der Waals surface area contributed by atoms with Crippen molar-refractivity contribution in [2.24, 2.45) is 0 Å². The minimum absolute atomic E-state index is 0.663. The maximum atomic E-state index is 11.9. The maximum absolute atomic E-state index is 11.9. The first-order chi connectivity index (χ1) is 4.27.